The van der Waals surface area contributed by atoms with E-state index in [4.69, 9.17) is 14.2 Å². The summed E-state index contributed by atoms with van der Waals surface area (Å²) in [4.78, 5) is 26.0. The van der Waals surface area contributed by atoms with E-state index in [1.54, 1.807) is 12.2 Å². The fraction of sp³-hybridized carbons (Fsp3) is 0.440. The summed E-state index contributed by atoms with van der Waals surface area (Å²) in [5.74, 6) is -1.40. The molecule has 1 aliphatic heterocycles. The highest BCUT2D eigenvalue weighted by molar-refractivity contribution is 6.00. The number of unbranched alkanes of at least 4 members (excludes halogenated alkanes) is 1. The summed E-state index contributed by atoms with van der Waals surface area (Å²) >= 11 is 0. The van der Waals surface area contributed by atoms with Crippen LogP contribution in [0.3, 0.4) is 0 Å². The van der Waals surface area contributed by atoms with Crippen LogP contribution in [0, 0.1) is 0 Å². The molecule has 1 aromatic heterocycles. The van der Waals surface area contributed by atoms with Crippen molar-refractivity contribution in [3.05, 3.63) is 58.4 Å². The number of rotatable bonds is 9. The average Bonchev–Trinajstić information content (AvgIpc) is 3.34. The molecule has 1 aromatic carbocycles. The number of carbonyl (C=O) groups excluding carboxylic acids is 2. The molecule has 1 aliphatic rings. The number of aliphatic hydroxyl groups is 3. The van der Waals surface area contributed by atoms with Crippen molar-refractivity contribution in [3.63, 3.8) is 0 Å². The minimum atomic E-state index is -1.45. The molecule has 9 heteroatoms. The molecule has 2 heterocycles. The molecule has 1 saturated heterocycles. The van der Waals surface area contributed by atoms with Gasteiger partial charge >= 0.3 is 11.9 Å². The quantitative estimate of drug-likeness (QED) is 0.473. The van der Waals surface area contributed by atoms with Gasteiger partial charge in [-0.1, -0.05) is 55.8 Å². The van der Waals surface area contributed by atoms with Crippen LogP contribution < -0.4 is 0 Å². The van der Waals surface area contributed by atoms with E-state index < -0.39 is 43.0 Å². The number of hydrogen-bond acceptors (Lipinski definition) is 8. The van der Waals surface area contributed by atoms with Crippen LogP contribution in [0.2, 0.25) is 0 Å². The highest BCUT2D eigenvalue weighted by atomic mass is 16.6. The van der Waals surface area contributed by atoms with E-state index >= 15 is 0 Å². The van der Waals surface area contributed by atoms with E-state index in [0.29, 0.717) is 18.5 Å². The molecule has 9 nitrogen and oxygen atoms in total. The Morgan fingerprint density at radius 2 is 1.68 bits per heavy atom. The van der Waals surface area contributed by atoms with Crippen LogP contribution in [-0.2, 0) is 20.8 Å². The molecule has 34 heavy (non-hydrogen) atoms. The Hall–Kier alpha value is -2.98. The summed E-state index contributed by atoms with van der Waals surface area (Å²) in [5.41, 5.74) is 1.47. The fourth-order valence-corrected chi connectivity index (χ4v) is 4.17. The molecular formula is C25H31NO8. The predicted molar refractivity (Wildman–Crippen MR) is 124 cm³/mol. The van der Waals surface area contributed by atoms with Gasteiger partial charge in [-0.15, -0.1) is 0 Å². The fourth-order valence-electron chi connectivity index (χ4n) is 4.17. The largest absolute Gasteiger partial charge is 0.464 e. The minimum absolute atomic E-state index is 0.0268. The number of aromatic nitrogens is 1. The number of esters is 2. The molecule has 0 radical (unpaired) electrons. The predicted octanol–water partition coefficient (Wildman–Crippen LogP) is 2.19. The first-order chi connectivity index (χ1) is 16.4. The second kappa shape index (κ2) is 11.4. The smallest absolute Gasteiger partial charge is 0.355 e. The Balaban J connectivity index is 2.32. The number of benzene rings is 1. The lowest BCUT2D eigenvalue weighted by Gasteiger charge is -2.17. The van der Waals surface area contributed by atoms with E-state index in [2.05, 4.69) is 0 Å². The Morgan fingerprint density at radius 1 is 1.03 bits per heavy atom. The van der Waals surface area contributed by atoms with Crippen molar-refractivity contribution in [1.82, 2.24) is 4.57 Å². The van der Waals surface area contributed by atoms with Gasteiger partial charge in [-0.25, -0.2) is 9.59 Å². The first-order valence-corrected chi connectivity index (χ1v) is 11.2. The van der Waals surface area contributed by atoms with Crippen LogP contribution in [0.4, 0.5) is 0 Å². The zero-order chi connectivity index (χ0) is 24.8. The second-order valence-corrected chi connectivity index (χ2v) is 8.02. The molecule has 0 saturated carbocycles. The van der Waals surface area contributed by atoms with Gasteiger partial charge in [-0.05, 0) is 12.0 Å². The highest BCUT2D eigenvalue weighted by Crippen LogP contribution is 2.41. The van der Waals surface area contributed by atoms with E-state index in [9.17, 15) is 24.9 Å². The Kier molecular flexibility index (Phi) is 8.62. The molecule has 184 valence electrons. The van der Waals surface area contributed by atoms with Gasteiger partial charge in [0.2, 0.25) is 0 Å². The number of aliphatic hydroxyl groups excluding tert-OH is 3. The van der Waals surface area contributed by atoms with Gasteiger partial charge in [0.05, 0.1) is 20.8 Å². The van der Waals surface area contributed by atoms with Gasteiger partial charge in [0, 0.05) is 17.7 Å². The molecule has 2 aromatic rings. The van der Waals surface area contributed by atoms with Crippen LogP contribution in [0.25, 0.3) is 12.2 Å². The topological polar surface area (TPSA) is 127 Å². The first kappa shape index (κ1) is 25.6. The van der Waals surface area contributed by atoms with Crippen molar-refractivity contribution in [3.8, 4) is 0 Å². The van der Waals surface area contributed by atoms with Gasteiger partial charge in [-0.3, -0.25) is 0 Å². The Labute approximate surface area is 198 Å². The van der Waals surface area contributed by atoms with Gasteiger partial charge in [0.25, 0.3) is 0 Å². The molecule has 4 unspecified atom stereocenters. The number of methoxy groups -OCH3 is 2. The van der Waals surface area contributed by atoms with Crippen molar-refractivity contribution in [2.24, 2.45) is 0 Å². The molecule has 0 aliphatic carbocycles. The van der Waals surface area contributed by atoms with Crippen molar-refractivity contribution in [2.45, 2.75) is 50.7 Å². The maximum Gasteiger partial charge on any atom is 0.355 e. The average molecular weight is 474 g/mol. The van der Waals surface area contributed by atoms with Crippen LogP contribution in [0.15, 0.2) is 30.3 Å². The van der Waals surface area contributed by atoms with Gasteiger partial charge in [0.1, 0.15) is 35.8 Å². The summed E-state index contributed by atoms with van der Waals surface area (Å²) in [6.07, 6.45) is -0.223. The Morgan fingerprint density at radius 3 is 2.24 bits per heavy atom. The van der Waals surface area contributed by atoms with E-state index in [1.807, 2.05) is 37.3 Å². The molecule has 0 spiro atoms. The molecular weight excluding hydrogens is 442 g/mol. The molecule has 1 fully saturated rings. The zero-order valence-electron chi connectivity index (χ0n) is 19.5. The monoisotopic (exact) mass is 473 g/mol. The first-order valence-electron chi connectivity index (χ1n) is 11.2. The highest BCUT2D eigenvalue weighted by Gasteiger charge is 2.47. The lowest BCUT2D eigenvalue weighted by molar-refractivity contribution is -0.0231. The van der Waals surface area contributed by atoms with Crippen molar-refractivity contribution in [2.75, 3.05) is 20.8 Å². The molecule has 4 atom stereocenters. The van der Waals surface area contributed by atoms with Crippen LogP contribution in [0.1, 0.15) is 63.5 Å². The lowest BCUT2D eigenvalue weighted by Crippen LogP contribution is -2.32. The van der Waals surface area contributed by atoms with E-state index in [1.165, 1.54) is 18.8 Å². The van der Waals surface area contributed by atoms with E-state index in [0.717, 1.165) is 12.0 Å². The van der Waals surface area contributed by atoms with Gasteiger partial charge < -0.3 is 34.1 Å². The third-order valence-electron chi connectivity index (χ3n) is 5.90. The minimum Gasteiger partial charge on any atom is -0.464 e. The summed E-state index contributed by atoms with van der Waals surface area (Å²) in [6.45, 7) is 1.76. The molecule has 3 N–H and O–H groups in total. The normalized spacial score (nSPS) is 22.3. The number of ether oxygens (including phenoxy) is 3. The summed E-state index contributed by atoms with van der Waals surface area (Å²) in [7, 11) is 2.46. The van der Waals surface area contributed by atoms with Gasteiger partial charge in [-0.2, -0.15) is 0 Å². The Bertz CT molecular complexity index is 1030. The van der Waals surface area contributed by atoms with Crippen molar-refractivity contribution >= 4 is 24.1 Å². The number of nitrogens with zero attached hydrogens (tertiary/aromatic N) is 1. The summed E-state index contributed by atoms with van der Waals surface area (Å²) < 4.78 is 17.4. The lowest BCUT2D eigenvalue weighted by atomic mass is 9.96. The maximum atomic E-state index is 13.0. The zero-order valence-corrected chi connectivity index (χ0v) is 19.5. The number of hydrogen-bond donors (Lipinski definition) is 3. The van der Waals surface area contributed by atoms with Crippen LogP contribution >= 0.6 is 0 Å². The molecule has 0 bridgehead atoms. The molecule has 0 amide bonds. The van der Waals surface area contributed by atoms with E-state index in [-0.39, 0.29) is 17.0 Å². The second-order valence-electron chi connectivity index (χ2n) is 8.02. The van der Waals surface area contributed by atoms with Crippen molar-refractivity contribution in [1.29, 1.82) is 0 Å². The summed E-state index contributed by atoms with van der Waals surface area (Å²) in [5, 5.41) is 30.8. The third-order valence-corrected chi connectivity index (χ3v) is 5.90. The third kappa shape index (κ3) is 4.92. The SMILES string of the molecule is CCCCn1c(C(=O)OC)c(C=Cc2ccccc2)c(C2OC(CO)C(O)C2O)c1C(=O)OC. The van der Waals surface area contributed by atoms with Crippen LogP contribution in [-0.4, -0.2) is 71.0 Å². The standard InChI is InChI=1S/C25H31NO8/c1-4-5-13-26-19(24(30)32-2)16(12-11-15-9-7-6-8-10-15)18(20(26)25(31)33-3)23-22(29)21(28)17(14-27)34-23/h6-12,17,21-23,27-29H,4-5,13-14H2,1-3H3. The maximum absolute atomic E-state index is 13.0. The van der Waals surface area contributed by atoms with Gasteiger partial charge in [0.15, 0.2) is 0 Å². The molecule has 3 rings (SSSR count). The number of carbonyl (C=O) groups is 2. The van der Waals surface area contributed by atoms with Crippen molar-refractivity contribution < 1.29 is 39.1 Å². The summed E-state index contributed by atoms with van der Waals surface area (Å²) in [6, 6.07) is 9.34. The van der Waals surface area contributed by atoms with Crippen LogP contribution in [0.5, 0.6) is 0 Å².